The molecule has 0 bridgehead atoms. The second kappa shape index (κ2) is 18.3. The number of hydrogen-bond acceptors (Lipinski definition) is 5. The first-order chi connectivity index (χ1) is 15.2. The van der Waals surface area contributed by atoms with Crippen molar-refractivity contribution in [2.45, 2.75) is 121 Å². The summed E-state index contributed by atoms with van der Waals surface area (Å²) < 4.78 is 34.8. The number of carbonyl (C=O) groups is 2. The number of carboxylic acids is 2. The summed E-state index contributed by atoms with van der Waals surface area (Å²) in [4.78, 5) is 22.2. The summed E-state index contributed by atoms with van der Waals surface area (Å²) in [6.07, 6.45) is 16.7. The van der Waals surface area contributed by atoms with Gasteiger partial charge in [0, 0.05) is 19.6 Å². The van der Waals surface area contributed by atoms with Crippen LogP contribution in [0.1, 0.15) is 116 Å². The van der Waals surface area contributed by atoms with Gasteiger partial charge in [-0.1, -0.05) is 96.8 Å². The standard InChI is InChI=1S/C23H44O8S/c1-2-3-4-5-6-7-8-9-10-11-12-13-14-15-16-18-31-19-17-23(22(26)27,20-21(24)25)32(28,29)30/h2-20H2,1H3,(H,24,25)(H,26,27)(H,28,29,30). The quantitative estimate of drug-likeness (QED) is 0.130. The van der Waals surface area contributed by atoms with E-state index in [9.17, 15) is 27.7 Å². The van der Waals surface area contributed by atoms with Crippen LogP contribution < -0.4 is 0 Å². The van der Waals surface area contributed by atoms with Crippen molar-refractivity contribution >= 4 is 22.1 Å². The predicted molar refractivity (Wildman–Crippen MR) is 125 cm³/mol. The fourth-order valence-electron chi connectivity index (χ4n) is 3.76. The number of aliphatic carboxylic acids is 2. The lowest BCUT2D eigenvalue weighted by molar-refractivity contribution is -0.147. The third-order valence-corrected chi connectivity index (χ3v) is 7.37. The molecule has 0 heterocycles. The largest absolute Gasteiger partial charge is 0.481 e. The molecule has 0 radical (unpaired) electrons. The van der Waals surface area contributed by atoms with E-state index in [-0.39, 0.29) is 6.61 Å². The summed E-state index contributed by atoms with van der Waals surface area (Å²) in [5, 5.41) is 18.0. The van der Waals surface area contributed by atoms with Crippen LogP contribution in [-0.4, -0.2) is 53.1 Å². The molecule has 0 saturated heterocycles. The highest BCUT2D eigenvalue weighted by Crippen LogP contribution is 2.26. The Hall–Kier alpha value is -1.19. The summed E-state index contributed by atoms with van der Waals surface area (Å²) in [6, 6.07) is 0. The van der Waals surface area contributed by atoms with Crippen LogP contribution in [0.3, 0.4) is 0 Å². The molecule has 0 fully saturated rings. The fourth-order valence-corrected chi connectivity index (χ4v) is 4.63. The zero-order valence-electron chi connectivity index (χ0n) is 19.7. The Bertz CT molecular complexity index is 605. The Morgan fingerprint density at radius 1 is 0.719 bits per heavy atom. The molecule has 0 rings (SSSR count). The van der Waals surface area contributed by atoms with Crippen LogP contribution in [-0.2, 0) is 24.4 Å². The maximum Gasteiger partial charge on any atom is 0.328 e. The van der Waals surface area contributed by atoms with E-state index in [0.717, 1.165) is 19.3 Å². The van der Waals surface area contributed by atoms with Gasteiger partial charge in [0.05, 0.1) is 6.42 Å². The topological polar surface area (TPSA) is 138 Å². The van der Waals surface area contributed by atoms with Gasteiger partial charge in [-0.2, -0.15) is 8.42 Å². The van der Waals surface area contributed by atoms with E-state index in [4.69, 9.17) is 9.84 Å². The molecule has 9 heteroatoms. The van der Waals surface area contributed by atoms with Crippen LogP contribution >= 0.6 is 0 Å². The molecule has 0 aliphatic heterocycles. The molecule has 0 aromatic rings. The highest BCUT2D eigenvalue weighted by atomic mass is 32.2. The van der Waals surface area contributed by atoms with E-state index in [1.165, 1.54) is 77.0 Å². The average molecular weight is 481 g/mol. The molecule has 0 aliphatic rings. The van der Waals surface area contributed by atoms with Gasteiger partial charge in [-0.05, 0) is 6.42 Å². The minimum atomic E-state index is -5.10. The zero-order valence-corrected chi connectivity index (χ0v) is 20.5. The Morgan fingerprint density at radius 3 is 1.47 bits per heavy atom. The van der Waals surface area contributed by atoms with Crippen molar-refractivity contribution in [1.82, 2.24) is 0 Å². The van der Waals surface area contributed by atoms with E-state index in [2.05, 4.69) is 6.92 Å². The lowest BCUT2D eigenvalue weighted by Gasteiger charge is -2.24. The van der Waals surface area contributed by atoms with E-state index in [0.29, 0.717) is 6.61 Å². The maximum absolute atomic E-state index is 11.5. The third-order valence-electron chi connectivity index (χ3n) is 5.86. The van der Waals surface area contributed by atoms with Crippen molar-refractivity contribution in [2.75, 3.05) is 13.2 Å². The van der Waals surface area contributed by atoms with Crippen molar-refractivity contribution in [3.05, 3.63) is 0 Å². The van der Waals surface area contributed by atoms with Crippen molar-refractivity contribution in [2.24, 2.45) is 0 Å². The Kier molecular flexibility index (Phi) is 17.6. The van der Waals surface area contributed by atoms with Crippen LogP contribution in [0.15, 0.2) is 0 Å². The molecule has 0 aromatic carbocycles. The highest BCUT2D eigenvalue weighted by Gasteiger charge is 2.52. The maximum atomic E-state index is 11.5. The first-order valence-electron chi connectivity index (χ1n) is 12.2. The normalized spacial score (nSPS) is 13.7. The molecule has 1 atom stereocenters. The van der Waals surface area contributed by atoms with Gasteiger partial charge in [-0.25, -0.2) is 0 Å². The molecule has 190 valence electrons. The highest BCUT2D eigenvalue weighted by molar-refractivity contribution is 7.88. The average Bonchev–Trinajstić information content (AvgIpc) is 2.70. The van der Waals surface area contributed by atoms with Crippen LogP contribution in [0.5, 0.6) is 0 Å². The van der Waals surface area contributed by atoms with Crippen LogP contribution in [0.2, 0.25) is 0 Å². The summed E-state index contributed by atoms with van der Waals surface area (Å²) in [7, 11) is -5.10. The molecular formula is C23H44O8S. The molecule has 0 aliphatic carbocycles. The number of carboxylic acid groups (broad SMARTS) is 2. The summed E-state index contributed by atoms with van der Waals surface area (Å²) in [6.45, 7) is 2.33. The SMILES string of the molecule is CCCCCCCCCCCCCCCCCOCCC(CC(=O)O)(C(=O)O)S(=O)(=O)O. The van der Waals surface area contributed by atoms with Gasteiger partial charge in [0.25, 0.3) is 10.1 Å². The van der Waals surface area contributed by atoms with E-state index in [1.807, 2.05) is 0 Å². The van der Waals surface area contributed by atoms with Crippen molar-refractivity contribution < 1.29 is 37.5 Å². The fraction of sp³-hybridized carbons (Fsp3) is 0.913. The predicted octanol–water partition coefficient (Wildman–Crippen LogP) is 5.45. The number of hydrogen-bond donors (Lipinski definition) is 3. The van der Waals surface area contributed by atoms with Gasteiger partial charge < -0.3 is 14.9 Å². The Balaban J connectivity index is 3.71. The van der Waals surface area contributed by atoms with Crippen LogP contribution in [0, 0.1) is 0 Å². The van der Waals surface area contributed by atoms with Crippen molar-refractivity contribution in [1.29, 1.82) is 0 Å². The first-order valence-corrected chi connectivity index (χ1v) is 13.6. The van der Waals surface area contributed by atoms with E-state index >= 15 is 0 Å². The molecule has 8 nitrogen and oxygen atoms in total. The molecular weight excluding hydrogens is 436 g/mol. The molecule has 0 aromatic heterocycles. The molecule has 0 spiro atoms. The van der Waals surface area contributed by atoms with Crippen LogP contribution in [0.4, 0.5) is 0 Å². The van der Waals surface area contributed by atoms with Crippen molar-refractivity contribution in [3.63, 3.8) is 0 Å². The van der Waals surface area contributed by atoms with E-state index in [1.54, 1.807) is 0 Å². The van der Waals surface area contributed by atoms with Gasteiger partial charge in [0.1, 0.15) is 0 Å². The minimum absolute atomic E-state index is 0.252. The summed E-state index contributed by atoms with van der Waals surface area (Å²) in [5.74, 6) is -3.51. The number of unbranched alkanes of at least 4 members (excludes halogenated alkanes) is 14. The first kappa shape index (κ1) is 30.8. The third kappa shape index (κ3) is 14.1. The van der Waals surface area contributed by atoms with Gasteiger partial charge in [-0.15, -0.1) is 0 Å². The van der Waals surface area contributed by atoms with Gasteiger partial charge in [0.15, 0.2) is 0 Å². The van der Waals surface area contributed by atoms with E-state index < -0.39 is 39.6 Å². The zero-order chi connectivity index (χ0) is 24.3. The number of ether oxygens (including phenoxy) is 1. The van der Waals surface area contributed by atoms with Gasteiger partial charge >= 0.3 is 11.9 Å². The second-order valence-electron chi connectivity index (χ2n) is 8.66. The second-order valence-corrected chi connectivity index (χ2v) is 10.4. The van der Waals surface area contributed by atoms with Gasteiger partial charge in [0.2, 0.25) is 4.75 Å². The number of rotatable bonds is 23. The lowest BCUT2D eigenvalue weighted by atomic mass is 10.0. The molecule has 0 amide bonds. The Morgan fingerprint density at radius 2 is 1.12 bits per heavy atom. The Labute approximate surface area is 193 Å². The smallest absolute Gasteiger partial charge is 0.328 e. The van der Waals surface area contributed by atoms with Gasteiger partial charge in [-0.3, -0.25) is 14.1 Å². The molecule has 32 heavy (non-hydrogen) atoms. The summed E-state index contributed by atoms with van der Waals surface area (Å²) >= 11 is 0. The molecule has 3 N–H and O–H groups in total. The summed E-state index contributed by atoms with van der Waals surface area (Å²) in [5.41, 5.74) is 0. The molecule has 1 unspecified atom stereocenters. The minimum Gasteiger partial charge on any atom is -0.481 e. The van der Waals surface area contributed by atoms with Crippen molar-refractivity contribution in [3.8, 4) is 0 Å². The lowest BCUT2D eigenvalue weighted by Crippen LogP contribution is -2.48. The monoisotopic (exact) mass is 480 g/mol. The van der Waals surface area contributed by atoms with Crippen LogP contribution in [0.25, 0.3) is 0 Å². The molecule has 0 saturated carbocycles.